The van der Waals surface area contributed by atoms with Gasteiger partial charge in [0.2, 0.25) is 0 Å². The molecular weight excluding hydrogens is 225 g/mol. The van der Waals surface area contributed by atoms with E-state index in [-0.39, 0.29) is 0 Å². The van der Waals surface area contributed by atoms with E-state index >= 15 is 0 Å². The van der Waals surface area contributed by atoms with E-state index in [2.05, 4.69) is 35.3 Å². The molecule has 0 bridgehead atoms. The van der Waals surface area contributed by atoms with Crippen molar-refractivity contribution in [2.45, 2.75) is 0 Å². The molecule has 13 heavy (non-hydrogen) atoms. The molecule has 0 fully saturated rings. The van der Waals surface area contributed by atoms with Gasteiger partial charge in [-0.1, -0.05) is 0 Å². The summed E-state index contributed by atoms with van der Waals surface area (Å²) in [4.78, 5) is 4.30. The van der Waals surface area contributed by atoms with Crippen molar-refractivity contribution >= 4 is 24.0 Å². The summed E-state index contributed by atoms with van der Waals surface area (Å²) in [6.45, 7) is 0. The van der Waals surface area contributed by atoms with Gasteiger partial charge in [0.25, 0.3) is 0 Å². The summed E-state index contributed by atoms with van der Waals surface area (Å²) < 4.78 is 2.55. The normalized spacial score (nSPS) is 9.85. The SMILES string of the molecule is c1ccc([Se]c2ccccn2)cc1. The van der Waals surface area contributed by atoms with Gasteiger partial charge in [-0.05, 0) is 0 Å². The predicted molar refractivity (Wildman–Crippen MR) is 55.7 cm³/mol. The van der Waals surface area contributed by atoms with E-state index in [1.807, 2.05) is 24.4 Å². The molecule has 0 aliphatic carbocycles. The topological polar surface area (TPSA) is 12.9 Å². The number of aromatic nitrogens is 1. The first-order valence-corrected chi connectivity index (χ1v) is 5.80. The zero-order valence-electron chi connectivity index (χ0n) is 7.05. The van der Waals surface area contributed by atoms with Gasteiger partial charge in [-0.3, -0.25) is 0 Å². The van der Waals surface area contributed by atoms with Gasteiger partial charge >= 0.3 is 83.7 Å². The zero-order chi connectivity index (χ0) is 8.93. The molecule has 0 aliphatic rings. The van der Waals surface area contributed by atoms with Gasteiger partial charge in [0.15, 0.2) is 0 Å². The van der Waals surface area contributed by atoms with Crippen LogP contribution in [0.1, 0.15) is 0 Å². The van der Waals surface area contributed by atoms with Crippen LogP contribution in [-0.2, 0) is 0 Å². The van der Waals surface area contributed by atoms with Crippen LogP contribution in [0.4, 0.5) is 0 Å². The van der Waals surface area contributed by atoms with Crippen LogP contribution in [0.3, 0.4) is 0 Å². The number of hydrogen-bond acceptors (Lipinski definition) is 1. The standard InChI is InChI=1S/C11H9NSe/c1-2-6-10(7-3-1)13-11-8-4-5-9-12-11/h1-9H. The van der Waals surface area contributed by atoms with Gasteiger partial charge in [0.1, 0.15) is 0 Å². The van der Waals surface area contributed by atoms with Crippen molar-refractivity contribution in [2.24, 2.45) is 0 Å². The summed E-state index contributed by atoms with van der Waals surface area (Å²) in [6, 6.07) is 16.5. The van der Waals surface area contributed by atoms with E-state index in [0.29, 0.717) is 15.0 Å². The molecule has 0 aliphatic heterocycles. The molecule has 0 amide bonds. The van der Waals surface area contributed by atoms with Crippen LogP contribution in [-0.4, -0.2) is 19.9 Å². The molecule has 0 saturated carbocycles. The molecular formula is C11H9NSe. The first kappa shape index (κ1) is 8.49. The quantitative estimate of drug-likeness (QED) is 0.698. The second-order valence-corrected chi connectivity index (χ2v) is 4.88. The van der Waals surface area contributed by atoms with Gasteiger partial charge in [0, 0.05) is 0 Å². The molecule has 0 saturated heterocycles. The monoisotopic (exact) mass is 235 g/mol. The molecule has 0 radical (unpaired) electrons. The summed E-state index contributed by atoms with van der Waals surface area (Å²) in [7, 11) is 0. The number of hydrogen-bond donors (Lipinski definition) is 0. The van der Waals surface area contributed by atoms with E-state index in [9.17, 15) is 0 Å². The summed E-state index contributed by atoms with van der Waals surface area (Å²) in [5, 5.41) is 0. The molecule has 1 aromatic carbocycles. The Labute approximate surface area is 84.0 Å². The third-order valence-electron chi connectivity index (χ3n) is 1.60. The summed E-state index contributed by atoms with van der Waals surface area (Å²) >= 11 is 0.350. The molecule has 2 aromatic rings. The second-order valence-electron chi connectivity index (χ2n) is 2.58. The number of benzene rings is 1. The van der Waals surface area contributed by atoms with Crippen molar-refractivity contribution in [1.29, 1.82) is 0 Å². The van der Waals surface area contributed by atoms with Crippen LogP contribution in [0, 0.1) is 0 Å². The molecule has 0 N–H and O–H groups in total. The Morgan fingerprint density at radius 2 is 1.62 bits per heavy atom. The third-order valence-corrected chi connectivity index (χ3v) is 3.61. The fraction of sp³-hybridized carbons (Fsp3) is 0. The van der Waals surface area contributed by atoms with E-state index in [1.165, 1.54) is 9.05 Å². The molecule has 0 spiro atoms. The minimum absolute atomic E-state index is 0.350. The first-order chi connectivity index (χ1) is 6.45. The zero-order valence-corrected chi connectivity index (χ0v) is 8.76. The van der Waals surface area contributed by atoms with E-state index < -0.39 is 0 Å². The molecule has 1 heterocycles. The Balaban J connectivity index is 2.16. The average molecular weight is 234 g/mol. The molecule has 0 unspecified atom stereocenters. The van der Waals surface area contributed by atoms with Gasteiger partial charge in [-0.15, -0.1) is 0 Å². The fourth-order valence-electron chi connectivity index (χ4n) is 1.02. The molecule has 2 heteroatoms. The van der Waals surface area contributed by atoms with Crippen molar-refractivity contribution in [3.05, 3.63) is 54.7 Å². The van der Waals surface area contributed by atoms with Crippen LogP contribution >= 0.6 is 0 Å². The van der Waals surface area contributed by atoms with Crippen molar-refractivity contribution in [3.8, 4) is 0 Å². The van der Waals surface area contributed by atoms with Gasteiger partial charge in [0.05, 0.1) is 0 Å². The van der Waals surface area contributed by atoms with Gasteiger partial charge in [-0.2, -0.15) is 0 Å². The first-order valence-electron chi connectivity index (χ1n) is 4.09. The number of nitrogens with zero attached hydrogens (tertiary/aromatic N) is 1. The number of pyridine rings is 1. The Morgan fingerprint density at radius 3 is 2.31 bits per heavy atom. The van der Waals surface area contributed by atoms with Crippen LogP contribution in [0.5, 0.6) is 0 Å². The minimum atomic E-state index is 0.350. The van der Waals surface area contributed by atoms with E-state index in [0.717, 1.165) is 0 Å². The van der Waals surface area contributed by atoms with Crippen LogP contribution in [0.25, 0.3) is 0 Å². The maximum absolute atomic E-state index is 4.30. The van der Waals surface area contributed by atoms with Crippen LogP contribution in [0.15, 0.2) is 54.7 Å². The molecule has 0 atom stereocenters. The Hall–Kier alpha value is -1.11. The third kappa shape index (κ3) is 2.41. The van der Waals surface area contributed by atoms with E-state index in [4.69, 9.17) is 0 Å². The fourth-order valence-corrected chi connectivity index (χ4v) is 2.68. The average Bonchev–Trinajstić information content (AvgIpc) is 2.21. The van der Waals surface area contributed by atoms with Crippen LogP contribution in [0.2, 0.25) is 0 Å². The summed E-state index contributed by atoms with van der Waals surface area (Å²) in [5.41, 5.74) is 0. The Morgan fingerprint density at radius 1 is 0.846 bits per heavy atom. The molecule has 1 nitrogen and oxygen atoms in total. The molecule has 2 rings (SSSR count). The second kappa shape index (κ2) is 4.22. The van der Waals surface area contributed by atoms with Crippen molar-refractivity contribution in [3.63, 3.8) is 0 Å². The maximum atomic E-state index is 4.30. The van der Waals surface area contributed by atoms with Gasteiger partial charge in [-0.25, -0.2) is 0 Å². The van der Waals surface area contributed by atoms with Crippen LogP contribution < -0.4 is 9.05 Å². The van der Waals surface area contributed by atoms with Crippen molar-refractivity contribution in [2.75, 3.05) is 0 Å². The number of rotatable bonds is 2. The van der Waals surface area contributed by atoms with E-state index in [1.54, 1.807) is 0 Å². The summed E-state index contributed by atoms with van der Waals surface area (Å²) in [5.74, 6) is 0. The Bertz CT molecular complexity index is 321. The van der Waals surface area contributed by atoms with Gasteiger partial charge < -0.3 is 0 Å². The predicted octanol–water partition coefficient (Wildman–Crippen LogP) is 0.737. The van der Waals surface area contributed by atoms with Crippen molar-refractivity contribution in [1.82, 2.24) is 4.98 Å². The summed E-state index contributed by atoms with van der Waals surface area (Å²) in [6.07, 6.45) is 1.85. The van der Waals surface area contributed by atoms with Crippen molar-refractivity contribution < 1.29 is 0 Å². The molecule has 1 aromatic heterocycles. The molecule has 64 valence electrons. The Kier molecular flexibility index (Phi) is 2.75.